The molecule has 0 amide bonds. The van der Waals surface area contributed by atoms with Crippen LogP contribution < -0.4 is 4.90 Å². The number of aromatic nitrogens is 1. The summed E-state index contributed by atoms with van der Waals surface area (Å²) in [5, 5.41) is 12.1. The van der Waals surface area contributed by atoms with Crippen LogP contribution in [0.4, 0.5) is 17.1 Å². The number of fused-ring (bicyclic) bond motifs is 10. The molecule has 0 spiro atoms. The molecule has 0 saturated carbocycles. The molecule has 0 aliphatic heterocycles. The highest BCUT2D eigenvalue weighted by Crippen LogP contribution is 2.48. The molecule has 50 heavy (non-hydrogen) atoms. The van der Waals surface area contributed by atoms with Gasteiger partial charge in [-0.25, -0.2) is 0 Å². The van der Waals surface area contributed by atoms with E-state index in [-0.39, 0.29) is 0 Å². The molecule has 0 saturated heterocycles. The fourth-order valence-corrected chi connectivity index (χ4v) is 9.72. The third-order valence-electron chi connectivity index (χ3n) is 10.6. The van der Waals surface area contributed by atoms with E-state index in [2.05, 4.69) is 167 Å². The van der Waals surface area contributed by atoms with Crippen LogP contribution in [0.3, 0.4) is 0 Å². The predicted molar refractivity (Wildman–Crippen MR) is 213 cm³/mol. The Labute approximate surface area is 289 Å². The van der Waals surface area contributed by atoms with Crippen LogP contribution in [0.5, 0.6) is 0 Å². The fourth-order valence-electron chi connectivity index (χ4n) is 8.58. The number of hydrogen-bond acceptors (Lipinski definition) is 3. The molecule has 0 N–H and O–H groups in total. The number of para-hydroxylation sites is 2. The smallest absolute Gasteiger partial charge is 0.143 e. The summed E-state index contributed by atoms with van der Waals surface area (Å²) in [5.74, 6) is 0. The Morgan fingerprint density at radius 1 is 0.440 bits per heavy atom. The lowest BCUT2D eigenvalue weighted by atomic mass is 9.98. The van der Waals surface area contributed by atoms with Crippen molar-refractivity contribution in [1.82, 2.24) is 4.40 Å². The molecule has 232 valence electrons. The van der Waals surface area contributed by atoms with Crippen LogP contribution >= 0.6 is 11.3 Å². The summed E-state index contributed by atoms with van der Waals surface area (Å²) in [6.07, 6.45) is 0. The number of benzene rings is 8. The van der Waals surface area contributed by atoms with Crippen molar-refractivity contribution >= 4 is 119 Å². The molecule has 0 radical (unpaired) electrons. The Morgan fingerprint density at radius 3 is 2.06 bits per heavy atom. The minimum absolute atomic E-state index is 0.914. The van der Waals surface area contributed by atoms with Gasteiger partial charge in [-0.3, -0.25) is 0 Å². The quantitative estimate of drug-likeness (QED) is 0.189. The van der Waals surface area contributed by atoms with Crippen LogP contribution in [0.1, 0.15) is 0 Å². The second kappa shape index (κ2) is 9.63. The summed E-state index contributed by atoms with van der Waals surface area (Å²) >= 11 is 1.86. The lowest BCUT2D eigenvalue weighted by Crippen LogP contribution is -2.09. The zero-order chi connectivity index (χ0) is 32.5. The van der Waals surface area contributed by atoms with Crippen molar-refractivity contribution in [3.05, 3.63) is 158 Å². The molecule has 4 aromatic heterocycles. The van der Waals surface area contributed by atoms with Crippen molar-refractivity contribution < 1.29 is 4.42 Å². The zero-order valence-corrected chi connectivity index (χ0v) is 27.5. The van der Waals surface area contributed by atoms with E-state index in [9.17, 15) is 0 Å². The van der Waals surface area contributed by atoms with Crippen molar-refractivity contribution in [1.29, 1.82) is 0 Å². The maximum Gasteiger partial charge on any atom is 0.143 e. The molecule has 0 atom stereocenters. The molecular weight excluding hydrogens is 629 g/mol. The Bertz CT molecular complexity index is 3330. The number of thiophene rings is 1. The Hall–Kier alpha value is -6.36. The largest absolute Gasteiger partial charge is 0.455 e. The SMILES string of the molecule is c1ccc(N(c2ccc3c(c2)sc2ccccc23)c2cc3c4cc5ccccc5c5oc6cccc(c6c45)n4c5ccccc5c(c2)c34)cc1. The summed E-state index contributed by atoms with van der Waals surface area (Å²) in [5.41, 5.74) is 8.81. The van der Waals surface area contributed by atoms with Crippen LogP contribution in [0.15, 0.2) is 162 Å². The minimum Gasteiger partial charge on any atom is -0.455 e. The van der Waals surface area contributed by atoms with Gasteiger partial charge in [0, 0.05) is 64.2 Å². The summed E-state index contributed by atoms with van der Waals surface area (Å²) in [4.78, 5) is 2.42. The predicted octanol–water partition coefficient (Wildman–Crippen LogP) is 13.7. The Kier molecular flexibility index (Phi) is 5.12. The standard InChI is InChI=1S/C46H26N2OS/c1-2-12-28(13-3-1)47(29-21-22-34-33-16-7-9-20-41(33)50-42(34)26-29)30-24-36-32-15-6-8-17-38(32)48-39-18-10-19-40-44(39)43-35(37(25-30)45(36)48)23-27-11-4-5-14-31(27)46(43)49-40/h1-26H. The molecule has 0 unspecified atom stereocenters. The molecule has 0 fully saturated rings. The Morgan fingerprint density at radius 2 is 1.16 bits per heavy atom. The first kappa shape index (κ1) is 26.6. The van der Waals surface area contributed by atoms with Crippen molar-refractivity contribution in [3.63, 3.8) is 0 Å². The van der Waals surface area contributed by atoms with Crippen LogP contribution in [0.25, 0.3) is 91.0 Å². The molecular formula is C46H26N2OS. The minimum atomic E-state index is 0.914. The van der Waals surface area contributed by atoms with Gasteiger partial charge in [0.2, 0.25) is 0 Å². The van der Waals surface area contributed by atoms with Gasteiger partial charge < -0.3 is 13.7 Å². The van der Waals surface area contributed by atoms with E-state index >= 15 is 0 Å². The maximum absolute atomic E-state index is 6.78. The van der Waals surface area contributed by atoms with Crippen LogP contribution in [-0.2, 0) is 0 Å². The average molecular weight is 655 g/mol. The van der Waals surface area contributed by atoms with Gasteiger partial charge in [-0.2, -0.15) is 0 Å². The molecule has 0 aliphatic rings. The first-order valence-electron chi connectivity index (χ1n) is 17.0. The van der Waals surface area contributed by atoms with E-state index in [0.29, 0.717) is 0 Å². The summed E-state index contributed by atoms with van der Waals surface area (Å²) in [6.45, 7) is 0. The monoisotopic (exact) mass is 654 g/mol. The summed E-state index contributed by atoms with van der Waals surface area (Å²) in [7, 11) is 0. The van der Waals surface area contributed by atoms with Gasteiger partial charge in [0.1, 0.15) is 11.2 Å². The second-order valence-corrected chi connectivity index (χ2v) is 14.4. The van der Waals surface area contributed by atoms with Gasteiger partial charge in [-0.15, -0.1) is 11.3 Å². The topological polar surface area (TPSA) is 20.8 Å². The first-order chi connectivity index (χ1) is 24.8. The van der Waals surface area contributed by atoms with Crippen molar-refractivity contribution in [3.8, 4) is 0 Å². The lowest BCUT2D eigenvalue weighted by Gasteiger charge is -2.26. The van der Waals surface area contributed by atoms with Crippen LogP contribution in [0, 0.1) is 0 Å². The second-order valence-electron chi connectivity index (χ2n) is 13.3. The van der Waals surface area contributed by atoms with E-state index in [0.717, 1.165) is 39.1 Å². The molecule has 0 bridgehead atoms. The van der Waals surface area contributed by atoms with E-state index in [1.165, 1.54) is 68.9 Å². The van der Waals surface area contributed by atoms with E-state index < -0.39 is 0 Å². The van der Waals surface area contributed by atoms with E-state index in [4.69, 9.17) is 4.42 Å². The third-order valence-corrected chi connectivity index (χ3v) is 11.8. The highest BCUT2D eigenvalue weighted by molar-refractivity contribution is 7.25. The number of anilines is 3. The van der Waals surface area contributed by atoms with Gasteiger partial charge in [0.15, 0.2) is 0 Å². The molecule has 8 aromatic carbocycles. The fraction of sp³-hybridized carbons (Fsp3) is 0. The number of furan rings is 1. The van der Waals surface area contributed by atoms with Crippen LogP contribution in [0.2, 0.25) is 0 Å². The van der Waals surface area contributed by atoms with Gasteiger partial charge in [-0.1, -0.05) is 91.0 Å². The van der Waals surface area contributed by atoms with Crippen molar-refractivity contribution in [2.75, 3.05) is 4.90 Å². The number of rotatable bonds is 3. The molecule has 12 rings (SSSR count). The summed E-state index contributed by atoms with van der Waals surface area (Å²) in [6, 6.07) is 57.6. The van der Waals surface area contributed by atoms with E-state index in [1.807, 2.05) is 11.3 Å². The third kappa shape index (κ3) is 3.43. The van der Waals surface area contributed by atoms with Gasteiger partial charge in [0.25, 0.3) is 0 Å². The molecule has 12 aromatic rings. The molecule has 4 heteroatoms. The maximum atomic E-state index is 6.78. The lowest BCUT2D eigenvalue weighted by molar-refractivity contribution is 0.673. The summed E-state index contributed by atoms with van der Waals surface area (Å²) < 4.78 is 11.9. The zero-order valence-electron chi connectivity index (χ0n) is 26.7. The highest BCUT2D eigenvalue weighted by atomic mass is 32.1. The van der Waals surface area contributed by atoms with Gasteiger partial charge >= 0.3 is 0 Å². The van der Waals surface area contributed by atoms with Crippen molar-refractivity contribution in [2.24, 2.45) is 0 Å². The normalized spacial score (nSPS) is 12.4. The van der Waals surface area contributed by atoms with E-state index in [1.54, 1.807) is 0 Å². The molecule has 3 nitrogen and oxygen atoms in total. The first-order valence-corrected chi connectivity index (χ1v) is 17.8. The van der Waals surface area contributed by atoms with Crippen molar-refractivity contribution in [2.45, 2.75) is 0 Å². The number of hydrogen-bond donors (Lipinski definition) is 0. The highest BCUT2D eigenvalue weighted by Gasteiger charge is 2.24. The van der Waals surface area contributed by atoms with Crippen LogP contribution in [-0.4, -0.2) is 4.40 Å². The molecule has 4 heterocycles. The van der Waals surface area contributed by atoms with Gasteiger partial charge in [0.05, 0.1) is 21.9 Å². The van der Waals surface area contributed by atoms with Gasteiger partial charge in [-0.05, 0) is 77.5 Å². The number of nitrogens with zero attached hydrogens (tertiary/aromatic N) is 2. The average Bonchev–Trinajstić information content (AvgIpc) is 3.82. The Balaban J connectivity index is 1.28. The molecule has 0 aliphatic carbocycles.